The van der Waals surface area contributed by atoms with Crippen molar-refractivity contribution in [3.63, 3.8) is 0 Å². The summed E-state index contributed by atoms with van der Waals surface area (Å²) in [6, 6.07) is 4.60. The lowest BCUT2D eigenvalue weighted by atomic mass is 10.2. The van der Waals surface area contributed by atoms with Crippen molar-refractivity contribution in [1.82, 2.24) is 0 Å². The first-order valence-corrected chi connectivity index (χ1v) is 6.87. The number of anilines is 1. The molecule has 0 aliphatic rings. The second kappa shape index (κ2) is 5.25. The van der Waals surface area contributed by atoms with Crippen molar-refractivity contribution in [3.05, 3.63) is 17.7 Å². The van der Waals surface area contributed by atoms with Gasteiger partial charge in [-0.15, -0.1) is 0 Å². The molecule has 0 saturated heterocycles. The summed E-state index contributed by atoms with van der Waals surface area (Å²) in [6.45, 7) is 3.72. The first-order chi connectivity index (χ1) is 8.31. The number of hydrogen-bond donors (Lipinski definition) is 2. The number of hydrogen-bond acceptors (Lipinski definition) is 5. The van der Waals surface area contributed by atoms with Crippen LogP contribution in [0.5, 0.6) is 5.75 Å². The van der Waals surface area contributed by atoms with Crippen molar-refractivity contribution >= 4 is 15.7 Å². The highest BCUT2D eigenvalue weighted by Gasteiger charge is 2.22. The monoisotopic (exact) mass is 269 g/mol. The number of rotatable bonds is 4. The first-order valence-electron chi connectivity index (χ1n) is 5.33. The predicted molar refractivity (Wildman–Crippen MR) is 67.3 cm³/mol. The van der Waals surface area contributed by atoms with Gasteiger partial charge in [0.15, 0.2) is 0 Å². The quantitative estimate of drug-likeness (QED) is 0.789. The van der Waals surface area contributed by atoms with Crippen LogP contribution < -0.4 is 15.6 Å². The standard InChI is InChI=1S/C11H15N3O3S/c1-3-7(2)17-10-5-4-9(13)11(8(10)6-12)18(14,15)16/h4-5,7H,3,13H2,1-2H3,(H2,14,15,16). The van der Waals surface area contributed by atoms with Crippen LogP contribution in [0.1, 0.15) is 25.8 Å². The third-order valence-corrected chi connectivity index (χ3v) is 3.46. The molecule has 98 valence electrons. The molecule has 1 aromatic rings. The first kappa shape index (κ1) is 14.3. The summed E-state index contributed by atoms with van der Waals surface area (Å²) in [6.07, 6.45) is 0.578. The van der Waals surface area contributed by atoms with Gasteiger partial charge in [-0.3, -0.25) is 0 Å². The van der Waals surface area contributed by atoms with Gasteiger partial charge in [-0.25, -0.2) is 13.6 Å². The van der Waals surface area contributed by atoms with Gasteiger partial charge in [0.1, 0.15) is 22.3 Å². The van der Waals surface area contributed by atoms with Gasteiger partial charge < -0.3 is 10.5 Å². The molecular formula is C11H15N3O3S. The van der Waals surface area contributed by atoms with Crippen LogP contribution in [0.4, 0.5) is 5.69 Å². The van der Waals surface area contributed by atoms with Crippen molar-refractivity contribution in [2.45, 2.75) is 31.3 Å². The number of nitrogens with two attached hydrogens (primary N) is 2. The topological polar surface area (TPSA) is 119 Å². The number of ether oxygens (including phenoxy) is 1. The maximum Gasteiger partial charge on any atom is 0.241 e. The second-order valence-electron chi connectivity index (χ2n) is 3.85. The normalized spacial score (nSPS) is 12.8. The van der Waals surface area contributed by atoms with E-state index in [0.717, 1.165) is 6.42 Å². The Morgan fingerprint density at radius 3 is 2.56 bits per heavy atom. The van der Waals surface area contributed by atoms with Crippen LogP contribution >= 0.6 is 0 Å². The van der Waals surface area contributed by atoms with Crippen molar-refractivity contribution in [2.24, 2.45) is 5.14 Å². The van der Waals surface area contributed by atoms with Crippen LogP contribution in [0.2, 0.25) is 0 Å². The summed E-state index contributed by atoms with van der Waals surface area (Å²) in [4.78, 5) is -0.384. The Morgan fingerprint density at radius 2 is 2.11 bits per heavy atom. The molecule has 0 amide bonds. The SMILES string of the molecule is CCC(C)Oc1ccc(N)c(S(N)(=O)=O)c1C#N. The van der Waals surface area contributed by atoms with E-state index < -0.39 is 10.0 Å². The van der Waals surface area contributed by atoms with Crippen LogP contribution in [-0.2, 0) is 10.0 Å². The zero-order chi connectivity index (χ0) is 13.9. The Hall–Kier alpha value is -1.78. The van der Waals surface area contributed by atoms with Gasteiger partial charge in [0.25, 0.3) is 0 Å². The summed E-state index contributed by atoms with van der Waals surface area (Å²) in [7, 11) is -4.07. The Balaban J connectivity index is 3.46. The van der Waals surface area contributed by atoms with Crippen LogP contribution in [0, 0.1) is 11.3 Å². The van der Waals surface area contributed by atoms with E-state index in [1.807, 2.05) is 13.8 Å². The van der Waals surface area contributed by atoms with E-state index in [4.69, 9.17) is 20.9 Å². The second-order valence-corrected chi connectivity index (χ2v) is 5.35. The van der Waals surface area contributed by atoms with Crippen molar-refractivity contribution in [3.8, 4) is 11.8 Å². The zero-order valence-electron chi connectivity index (χ0n) is 10.2. The Bertz CT molecular complexity index is 590. The minimum Gasteiger partial charge on any atom is -0.489 e. The zero-order valence-corrected chi connectivity index (χ0v) is 11.0. The highest BCUT2D eigenvalue weighted by molar-refractivity contribution is 7.89. The smallest absolute Gasteiger partial charge is 0.241 e. The Labute approximate surface area is 106 Å². The summed E-state index contributed by atoms with van der Waals surface area (Å²) in [5.41, 5.74) is 5.33. The van der Waals surface area contributed by atoms with Crippen molar-refractivity contribution < 1.29 is 13.2 Å². The fourth-order valence-corrected chi connectivity index (χ4v) is 2.22. The molecule has 6 nitrogen and oxygen atoms in total. The minimum atomic E-state index is -4.07. The third kappa shape index (κ3) is 2.91. The lowest BCUT2D eigenvalue weighted by molar-refractivity contribution is 0.216. The lowest BCUT2D eigenvalue weighted by Crippen LogP contribution is -2.18. The predicted octanol–water partition coefficient (Wildman–Crippen LogP) is 0.965. The van der Waals surface area contributed by atoms with Gasteiger partial charge in [0.2, 0.25) is 10.0 Å². The van der Waals surface area contributed by atoms with Crippen LogP contribution in [0.25, 0.3) is 0 Å². The number of nitrogen functional groups attached to an aromatic ring is 1. The summed E-state index contributed by atoms with van der Waals surface area (Å²) >= 11 is 0. The van der Waals surface area contributed by atoms with Gasteiger partial charge in [-0.05, 0) is 25.5 Å². The van der Waals surface area contributed by atoms with Crippen molar-refractivity contribution in [1.29, 1.82) is 5.26 Å². The van der Waals surface area contributed by atoms with E-state index >= 15 is 0 Å². The van der Waals surface area contributed by atoms with Crippen LogP contribution in [-0.4, -0.2) is 14.5 Å². The maximum absolute atomic E-state index is 11.4. The van der Waals surface area contributed by atoms with Gasteiger partial charge in [-0.1, -0.05) is 6.92 Å². The Kier molecular flexibility index (Phi) is 4.16. The molecule has 1 aromatic carbocycles. The molecule has 0 radical (unpaired) electrons. The van der Waals surface area contributed by atoms with Crippen LogP contribution in [0.3, 0.4) is 0 Å². The molecule has 18 heavy (non-hydrogen) atoms. The average molecular weight is 269 g/mol. The molecule has 7 heteroatoms. The molecule has 0 saturated carbocycles. The number of sulfonamides is 1. The van der Waals surface area contributed by atoms with Gasteiger partial charge in [-0.2, -0.15) is 5.26 Å². The molecule has 0 spiro atoms. The lowest BCUT2D eigenvalue weighted by Gasteiger charge is -2.16. The largest absolute Gasteiger partial charge is 0.489 e. The fourth-order valence-electron chi connectivity index (χ4n) is 1.39. The number of benzene rings is 1. The number of nitrogens with zero attached hydrogens (tertiary/aromatic N) is 1. The van der Waals surface area contributed by atoms with E-state index in [0.29, 0.717) is 0 Å². The van der Waals surface area contributed by atoms with Crippen LogP contribution in [0.15, 0.2) is 17.0 Å². The van der Waals surface area contributed by atoms with E-state index in [9.17, 15) is 8.42 Å². The summed E-state index contributed by atoms with van der Waals surface area (Å²) in [5, 5.41) is 14.1. The van der Waals surface area contributed by atoms with Crippen molar-refractivity contribution in [2.75, 3.05) is 5.73 Å². The molecule has 0 aromatic heterocycles. The Morgan fingerprint density at radius 1 is 1.50 bits per heavy atom. The van der Waals surface area contributed by atoms with Gasteiger partial charge in [0, 0.05) is 0 Å². The molecule has 1 atom stereocenters. The molecular weight excluding hydrogens is 254 g/mol. The molecule has 1 rings (SSSR count). The average Bonchev–Trinajstić information content (AvgIpc) is 2.29. The van der Waals surface area contributed by atoms with E-state index in [-0.39, 0.29) is 28.0 Å². The molecule has 0 bridgehead atoms. The number of nitriles is 1. The molecule has 4 N–H and O–H groups in total. The summed E-state index contributed by atoms with van der Waals surface area (Å²) in [5.74, 6) is 0.171. The number of primary sulfonamides is 1. The highest BCUT2D eigenvalue weighted by atomic mass is 32.2. The molecule has 0 aliphatic heterocycles. The van der Waals surface area contributed by atoms with Gasteiger partial charge >= 0.3 is 0 Å². The minimum absolute atomic E-state index is 0.0643. The highest BCUT2D eigenvalue weighted by Crippen LogP contribution is 2.30. The van der Waals surface area contributed by atoms with E-state index in [1.54, 1.807) is 6.07 Å². The fraction of sp³-hybridized carbons (Fsp3) is 0.364. The molecule has 1 unspecified atom stereocenters. The summed E-state index contributed by atoms with van der Waals surface area (Å²) < 4.78 is 28.3. The van der Waals surface area contributed by atoms with E-state index in [2.05, 4.69) is 0 Å². The molecule has 0 heterocycles. The third-order valence-electron chi connectivity index (χ3n) is 2.45. The molecule has 0 aliphatic carbocycles. The van der Waals surface area contributed by atoms with Gasteiger partial charge in [0.05, 0.1) is 11.8 Å². The maximum atomic E-state index is 11.4. The van der Waals surface area contributed by atoms with E-state index in [1.165, 1.54) is 12.1 Å². The molecule has 0 fully saturated rings.